The van der Waals surface area contributed by atoms with E-state index in [1.54, 1.807) is 0 Å². The van der Waals surface area contributed by atoms with Gasteiger partial charge in [-0.2, -0.15) is 4.99 Å². The lowest BCUT2D eigenvalue weighted by Crippen LogP contribution is -2.47. The summed E-state index contributed by atoms with van der Waals surface area (Å²) >= 11 is 0. The molecule has 1 unspecified atom stereocenters. The Morgan fingerprint density at radius 3 is 2.86 bits per heavy atom. The third kappa shape index (κ3) is 4.32. The number of amides is 2. The van der Waals surface area contributed by atoms with Crippen molar-refractivity contribution in [3.05, 3.63) is 11.9 Å². The minimum Gasteiger partial charge on any atom is -0.480 e. The number of carbonyl (C=O) groups excluding carboxylic acids is 1. The Bertz CT molecular complexity index is 473. The van der Waals surface area contributed by atoms with Gasteiger partial charge < -0.3 is 10.5 Å². The van der Waals surface area contributed by atoms with Crippen LogP contribution in [0.5, 0.6) is 0 Å². The summed E-state index contributed by atoms with van der Waals surface area (Å²) in [5.74, 6) is 1.94. The Labute approximate surface area is 131 Å². The van der Waals surface area contributed by atoms with Gasteiger partial charge in [-0.25, -0.2) is 9.69 Å². The van der Waals surface area contributed by atoms with Crippen LogP contribution in [0.25, 0.3) is 0 Å². The fourth-order valence-electron chi connectivity index (χ4n) is 3.33. The van der Waals surface area contributed by atoms with Gasteiger partial charge in [0, 0.05) is 12.8 Å². The van der Waals surface area contributed by atoms with Crippen LogP contribution in [-0.4, -0.2) is 34.8 Å². The van der Waals surface area contributed by atoms with E-state index < -0.39 is 0 Å². The molecule has 1 fully saturated rings. The SMILES string of the molecule is CC1CCC[C@H]1CCCCCN1C(=O)N/C(=C\C=N)N=C1O. The van der Waals surface area contributed by atoms with E-state index >= 15 is 0 Å². The molecule has 2 atom stereocenters. The van der Waals surface area contributed by atoms with Crippen molar-refractivity contribution in [3.63, 3.8) is 0 Å². The van der Waals surface area contributed by atoms with Crippen molar-refractivity contribution >= 4 is 18.3 Å². The molecule has 22 heavy (non-hydrogen) atoms. The van der Waals surface area contributed by atoms with Crippen molar-refractivity contribution in [1.29, 1.82) is 5.41 Å². The van der Waals surface area contributed by atoms with Crippen molar-refractivity contribution in [1.82, 2.24) is 10.2 Å². The van der Waals surface area contributed by atoms with Crippen LogP contribution < -0.4 is 5.32 Å². The highest BCUT2D eigenvalue weighted by Crippen LogP contribution is 2.34. The molecule has 3 N–H and O–H groups in total. The molecule has 1 saturated carbocycles. The van der Waals surface area contributed by atoms with Crippen LogP contribution >= 0.6 is 0 Å². The molecule has 2 amide bonds. The zero-order chi connectivity index (χ0) is 15.9. The van der Waals surface area contributed by atoms with Crippen molar-refractivity contribution in [3.8, 4) is 0 Å². The number of aliphatic imine (C=N–C) groups is 1. The van der Waals surface area contributed by atoms with E-state index in [-0.39, 0.29) is 17.9 Å². The molecule has 6 heteroatoms. The summed E-state index contributed by atoms with van der Waals surface area (Å²) < 4.78 is 0. The van der Waals surface area contributed by atoms with Gasteiger partial charge in [0.25, 0.3) is 6.02 Å². The number of amidine groups is 1. The van der Waals surface area contributed by atoms with Gasteiger partial charge >= 0.3 is 6.03 Å². The monoisotopic (exact) mass is 306 g/mol. The van der Waals surface area contributed by atoms with E-state index in [1.165, 1.54) is 43.1 Å². The number of unbranched alkanes of at least 4 members (excludes halogenated alkanes) is 2. The third-order valence-corrected chi connectivity index (χ3v) is 4.68. The number of rotatable bonds is 7. The van der Waals surface area contributed by atoms with Crippen LogP contribution in [0.1, 0.15) is 51.9 Å². The van der Waals surface area contributed by atoms with Gasteiger partial charge in [0.1, 0.15) is 5.82 Å². The molecule has 0 aromatic carbocycles. The van der Waals surface area contributed by atoms with E-state index in [1.807, 2.05) is 0 Å². The Hall–Kier alpha value is -1.85. The number of urea groups is 1. The summed E-state index contributed by atoms with van der Waals surface area (Å²) in [5.41, 5.74) is 0. The lowest BCUT2D eigenvalue weighted by atomic mass is 9.92. The summed E-state index contributed by atoms with van der Waals surface area (Å²) in [6.07, 6.45) is 10.8. The third-order valence-electron chi connectivity index (χ3n) is 4.68. The highest BCUT2D eigenvalue weighted by molar-refractivity contribution is 5.96. The van der Waals surface area contributed by atoms with Crippen LogP contribution in [0.2, 0.25) is 0 Å². The zero-order valence-corrected chi connectivity index (χ0v) is 13.2. The van der Waals surface area contributed by atoms with Gasteiger partial charge in [0.05, 0.1) is 0 Å². The zero-order valence-electron chi connectivity index (χ0n) is 13.2. The van der Waals surface area contributed by atoms with Crippen molar-refractivity contribution in [2.45, 2.75) is 51.9 Å². The van der Waals surface area contributed by atoms with Crippen LogP contribution in [0.15, 0.2) is 16.9 Å². The lowest BCUT2D eigenvalue weighted by molar-refractivity contribution is 0.211. The molecule has 1 aliphatic heterocycles. The van der Waals surface area contributed by atoms with Gasteiger partial charge in [0.15, 0.2) is 0 Å². The van der Waals surface area contributed by atoms with Crippen LogP contribution in [0.4, 0.5) is 4.79 Å². The molecule has 122 valence electrons. The number of nitrogens with one attached hydrogen (secondary N) is 2. The van der Waals surface area contributed by atoms with Gasteiger partial charge in [-0.15, -0.1) is 0 Å². The van der Waals surface area contributed by atoms with Crippen LogP contribution in [0, 0.1) is 17.2 Å². The molecule has 2 aliphatic rings. The highest BCUT2D eigenvalue weighted by Gasteiger charge is 2.25. The van der Waals surface area contributed by atoms with E-state index in [2.05, 4.69) is 17.2 Å². The fraction of sp³-hybridized carbons (Fsp3) is 0.688. The van der Waals surface area contributed by atoms with Crippen molar-refractivity contribution < 1.29 is 9.90 Å². The fourth-order valence-corrected chi connectivity index (χ4v) is 3.33. The predicted molar refractivity (Wildman–Crippen MR) is 87.1 cm³/mol. The summed E-state index contributed by atoms with van der Waals surface area (Å²) in [4.78, 5) is 17.0. The van der Waals surface area contributed by atoms with E-state index in [0.717, 1.165) is 30.9 Å². The molecule has 1 aliphatic carbocycles. The Morgan fingerprint density at radius 1 is 1.41 bits per heavy atom. The first kappa shape index (κ1) is 16.5. The number of nitrogens with zero attached hydrogens (tertiary/aromatic N) is 2. The molecule has 0 radical (unpaired) electrons. The standard InChI is InChI=1S/C16H26N4O2/c1-12-6-5-8-13(12)7-3-2-4-11-20-15(21)18-14(9-10-17)19-16(20)22/h9-10,12-13,17H,2-8,11H2,1H3,(H,18,21)(H,19,22)/t12?,13-/m1/s1. The molecule has 6 nitrogen and oxygen atoms in total. The predicted octanol–water partition coefficient (Wildman–Crippen LogP) is 3.41. The number of hydrogen-bond acceptors (Lipinski definition) is 3. The second kappa shape index (κ2) is 7.96. The molecule has 0 aromatic heterocycles. The largest absolute Gasteiger partial charge is 0.480 e. The normalized spacial score (nSPS) is 27.0. The maximum absolute atomic E-state index is 11.9. The molecule has 0 bridgehead atoms. The average Bonchev–Trinajstić information content (AvgIpc) is 2.87. The number of aliphatic hydroxyl groups is 1. The molecular formula is C16H26N4O2. The number of carbonyl (C=O) groups is 1. The second-order valence-electron chi connectivity index (χ2n) is 6.23. The quantitative estimate of drug-likeness (QED) is 0.497. The topological polar surface area (TPSA) is 88.8 Å². The first-order valence-corrected chi connectivity index (χ1v) is 8.18. The minimum absolute atomic E-state index is 0.198. The van der Waals surface area contributed by atoms with Gasteiger partial charge in [-0.3, -0.25) is 5.32 Å². The van der Waals surface area contributed by atoms with Crippen molar-refractivity contribution in [2.24, 2.45) is 16.8 Å². The van der Waals surface area contributed by atoms with E-state index in [0.29, 0.717) is 6.54 Å². The first-order chi connectivity index (χ1) is 10.6. The van der Waals surface area contributed by atoms with Crippen molar-refractivity contribution in [2.75, 3.05) is 6.54 Å². The molecule has 1 heterocycles. The highest BCUT2D eigenvalue weighted by atomic mass is 16.3. The maximum atomic E-state index is 11.9. The summed E-state index contributed by atoms with van der Waals surface area (Å²) in [6.45, 7) is 2.82. The first-order valence-electron chi connectivity index (χ1n) is 8.18. The average molecular weight is 306 g/mol. The van der Waals surface area contributed by atoms with E-state index in [9.17, 15) is 9.90 Å². The second-order valence-corrected chi connectivity index (χ2v) is 6.23. The molecule has 2 rings (SSSR count). The van der Waals surface area contributed by atoms with Gasteiger partial charge in [0.2, 0.25) is 0 Å². The van der Waals surface area contributed by atoms with Gasteiger partial charge in [-0.1, -0.05) is 45.4 Å². The minimum atomic E-state index is -0.384. The Kier molecular flexibility index (Phi) is 5.98. The van der Waals surface area contributed by atoms with E-state index in [4.69, 9.17) is 5.41 Å². The van der Waals surface area contributed by atoms with Crippen LogP contribution in [0.3, 0.4) is 0 Å². The molecular weight excluding hydrogens is 280 g/mol. The molecule has 0 saturated heterocycles. The Morgan fingerprint density at radius 2 is 2.23 bits per heavy atom. The summed E-state index contributed by atoms with van der Waals surface area (Å²) in [7, 11) is 0. The maximum Gasteiger partial charge on any atom is 0.331 e. The summed E-state index contributed by atoms with van der Waals surface area (Å²) in [5, 5.41) is 19.3. The van der Waals surface area contributed by atoms with Gasteiger partial charge in [-0.05, 0) is 24.3 Å². The number of hydrogen-bond donors (Lipinski definition) is 3. The number of allylic oxidation sites excluding steroid dienone is 1. The number of aliphatic hydroxyl groups excluding tert-OH is 1. The molecule has 0 spiro atoms. The lowest BCUT2D eigenvalue weighted by Gasteiger charge is -2.25. The summed E-state index contributed by atoms with van der Waals surface area (Å²) in [6, 6.07) is -0.675. The van der Waals surface area contributed by atoms with Crippen LogP contribution in [-0.2, 0) is 0 Å². The smallest absolute Gasteiger partial charge is 0.331 e. The molecule has 0 aromatic rings. The Balaban J connectivity index is 1.70.